The van der Waals surface area contributed by atoms with E-state index < -0.39 is 0 Å². The van der Waals surface area contributed by atoms with E-state index in [0.717, 1.165) is 19.5 Å². The van der Waals surface area contributed by atoms with Gasteiger partial charge in [-0.25, -0.2) is 0 Å². The molecule has 1 rings (SSSR count). The van der Waals surface area contributed by atoms with Crippen molar-refractivity contribution in [3.63, 3.8) is 0 Å². The highest BCUT2D eigenvalue weighted by Gasteiger charge is 2.12. The highest BCUT2D eigenvalue weighted by atomic mass is 16.1. The molecule has 1 saturated heterocycles. The van der Waals surface area contributed by atoms with Gasteiger partial charge in [0.1, 0.15) is 0 Å². The molecule has 1 unspecified atom stereocenters. The Balaban J connectivity index is 2.26. The summed E-state index contributed by atoms with van der Waals surface area (Å²) in [6.07, 6.45) is 2.93. The SMILES string of the molecule is O=[C]C1CCNC1. The van der Waals surface area contributed by atoms with E-state index in [1.807, 2.05) is 6.29 Å². The van der Waals surface area contributed by atoms with Crippen LogP contribution in [0.2, 0.25) is 0 Å². The summed E-state index contributed by atoms with van der Waals surface area (Å²) in [5, 5.41) is 3.06. The minimum atomic E-state index is 0.181. The molecule has 0 aromatic carbocycles. The second kappa shape index (κ2) is 2.07. The molecule has 0 amide bonds. The van der Waals surface area contributed by atoms with E-state index in [1.165, 1.54) is 0 Å². The fourth-order valence-corrected chi connectivity index (χ4v) is 0.755. The molecule has 1 radical (unpaired) electrons. The molecular weight excluding hydrogens is 90.1 g/mol. The normalized spacial score (nSPS) is 30.6. The first kappa shape index (κ1) is 4.78. The molecule has 0 bridgehead atoms. The zero-order valence-electron chi connectivity index (χ0n) is 4.11. The Morgan fingerprint density at radius 2 is 2.57 bits per heavy atom. The fourth-order valence-electron chi connectivity index (χ4n) is 0.755. The standard InChI is InChI=1S/C5H8NO/c7-4-5-1-2-6-3-5/h5-6H,1-3H2. The molecule has 7 heavy (non-hydrogen) atoms. The maximum atomic E-state index is 9.84. The Bertz CT molecular complexity index is 66.5. The van der Waals surface area contributed by atoms with Gasteiger partial charge in [-0.15, -0.1) is 0 Å². The van der Waals surface area contributed by atoms with Gasteiger partial charge >= 0.3 is 0 Å². The van der Waals surface area contributed by atoms with E-state index in [9.17, 15) is 4.79 Å². The van der Waals surface area contributed by atoms with Crippen LogP contribution in [-0.2, 0) is 4.79 Å². The molecule has 1 fully saturated rings. The van der Waals surface area contributed by atoms with Crippen molar-refractivity contribution in [1.82, 2.24) is 5.32 Å². The summed E-state index contributed by atoms with van der Waals surface area (Å²) >= 11 is 0. The topological polar surface area (TPSA) is 29.1 Å². The highest BCUT2D eigenvalue weighted by Crippen LogP contribution is 2.01. The summed E-state index contributed by atoms with van der Waals surface area (Å²) in [7, 11) is 0. The molecule has 0 saturated carbocycles. The van der Waals surface area contributed by atoms with Crippen LogP contribution in [0.1, 0.15) is 6.42 Å². The van der Waals surface area contributed by atoms with E-state index in [-0.39, 0.29) is 5.92 Å². The molecule has 0 aromatic heterocycles. The Kier molecular flexibility index (Phi) is 1.42. The van der Waals surface area contributed by atoms with E-state index in [4.69, 9.17) is 0 Å². The van der Waals surface area contributed by atoms with Gasteiger partial charge in [-0.2, -0.15) is 0 Å². The van der Waals surface area contributed by atoms with E-state index in [1.54, 1.807) is 0 Å². The van der Waals surface area contributed by atoms with E-state index >= 15 is 0 Å². The molecular formula is C5H8NO. The largest absolute Gasteiger partial charge is 0.316 e. The number of hydrogen-bond donors (Lipinski definition) is 1. The third-order valence-corrected chi connectivity index (χ3v) is 1.23. The van der Waals surface area contributed by atoms with Gasteiger partial charge < -0.3 is 5.32 Å². The van der Waals surface area contributed by atoms with Gasteiger partial charge in [0, 0.05) is 12.5 Å². The van der Waals surface area contributed by atoms with Crippen molar-refractivity contribution in [3.8, 4) is 0 Å². The first-order valence-corrected chi connectivity index (χ1v) is 2.52. The first-order chi connectivity index (χ1) is 3.43. The minimum absolute atomic E-state index is 0.181. The van der Waals surface area contributed by atoms with Gasteiger partial charge in [0.15, 0.2) is 0 Å². The summed E-state index contributed by atoms with van der Waals surface area (Å²) < 4.78 is 0. The molecule has 1 aliphatic rings. The predicted molar refractivity (Wildman–Crippen MR) is 26.7 cm³/mol. The van der Waals surface area contributed by atoms with E-state index in [0.29, 0.717) is 0 Å². The molecule has 2 heteroatoms. The van der Waals surface area contributed by atoms with Crippen molar-refractivity contribution in [2.24, 2.45) is 5.92 Å². The number of hydrogen-bond acceptors (Lipinski definition) is 2. The summed E-state index contributed by atoms with van der Waals surface area (Å²) in [4.78, 5) is 9.84. The van der Waals surface area contributed by atoms with Gasteiger partial charge in [-0.1, -0.05) is 0 Å². The van der Waals surface area contributed by atoms with Gasteiger partial charge in [0.25, 0.3) is 0 Å². The van der Waals surface area contributed by atoms with Crippen LogP contribution in [-0.4, -0.2) is 19.4 Å². The van der Waals surface area contributed by atoms with Crippen LogP contribution in [0, 0.1) is 5.92 Å². The quantitative estimate of drug-likeness (QED) is 0.488. The fraction of sp³-hybridized carbons (Fsp3) is 0.800. The van der Waals surface area contributed by atoms with Crippen molar-refractivity contribution in [2.75, 3.05) is 13.1 Å². The summed E-state index contributed by atoms with van der Waals surface area (Å²) in [5.74, 6) is 0.181. The zero-order valence-corrected chi connectivity index (χ0v) is 4.11. The van der Waals surface area contributed by atoms with Crippen LogP contribution in [0.25, 0.3) is 0 Å². The van der Waals surface area contributed by atoms with E-state index in [2.05, 4.69) is 5.32 Å². The molecule has 0 aliphatic carbocycles. The van der Waals surface area contributed by atoms with Crippen molar-refractivity contribution >= 4 is 6.29 Å². The molecule has 1 N–H and O–H groups in total. The van der Waals surface area contributed by atoms with Gasteiger partial charge in [0.2, 0.25) is 6.29 Å². The minimum Gasteiger partial charge on any atom is -0.316 e. The van der Waals surface area contributed by atoms with Gasteiger partial charge in [0.05, 0.1) is 0 Å². The third kappa shape index (κ3) is 0.996. The molecule has 1 atom stereocenters. The summed E-state index contributed by atoms with van der Waals surface area (Å²) in [6.45, 7) is 1.82. The van der Waals surface area contributed by atoms with Crippen LogP contribution < -0.4 is 5.32 Å². The Morgan fingerprint density at radius 1 is 1.71 bits per heavy atom. The Hall–Kier alpha value is -0.370. The lowest BCUT2D eigenvalue weighted by Gasteiger charge is -1.88. The van der Waals surface area contributed by atoms with Gasteiger partial charge in [-0.3, -0.25) is 4.79 Å². The Morgan fingerprint density at radius 3 is 2.86 bits per heavy atom. The zero-order chi connectivity index (χ0) is 5.11. The lowest BCUT2D eigenvalue weighted by molar-refractivity contribution is 0.529. The smallest absolute Gasteiger partial charge is 0.203 e. The Labute approximate surface area is 42.9 Å². The second-order valence-electron chi connectivity index (χ2n) is 1.81. The first-order valence-electron chi connectivity index (χ1n) is 2.52. The molecule has 2 nitrogen and oxygen atoms in total. The van der Waals surface area contributed by atoms with Crippen molar-refractivity contribution in [3.05, 3.63) is 0 Å². The number of nitrogens with one attached hydrogen (secondary N) is 1. The predicted octanol–water partition coefficient (Wildman–Crippen LogP) is -0.294. The maximum absolute atomic E-state index is 9.84. The summed E-state index contributed by atoms with van der Waals surface area (Å²) in [6, 6.07) is 0. The lowest BCUT2D eigenvalue weighted by atomic mass is 10.2. The monoisotopic (exact) mass is 98.1 g/mol. The maximum Gasteiger partial charge on any atom is 0.203 e. The number of rotatable bonds is 1. The van der Waals surface area contributed by atoms with Crippen LogP contribution >= 0.6 is 0 Å². The molecule has 0 spiro atoms. The molecule has 1 heterocycles. The third-order valence-electron chi connectivity index (χ3n) is 1.23. The van der Waals surface area contributed by atoms with Crippen LogP contribution in [0.5, 0.6) is 0 Å². The highest BCUT2D eigenvalue weighted by molar-refractivity contribution is 5.55. The second-order valence-corrected chi connectivity index (χ2v) is 1.81. The molecule has 1 aliphatic heterocycles. The molecule has 39 valence electrons. The summed E-state index contributed by atoms with van der Waals surface area (Å²) in [5.41, 5.74) is 0. The van der Waals surface area contributed by atoms with Crippen molar-refractivity contribution in [2.45, 2.75) is 6.42 Å². The number of carbonyl (C=O) groups excluding carboxylic acids is 1. The lowest BCUT2D eigenvalue weighted by Crippen LogP contribution is -2.09. The van der Waals surface area contributed by atoms with Gasteiger partial charge in [-0.05, 0) is 13.0 Å². The van der Waals surface area contributed by atoms with Crippen LogP contribution in [0.15, 0.2) is 0 Å². The van der Waals surface area contributed by atoms with Crippen molar-refractivity contribution < 1.29 is 4.79 Å². The van der Waals surface area contributed by atoms with Crippen LogP contribution in [0.4, 0.5) is 0 Å². The average molecular weight is 98.1 g/mol. The van der Waals surface area contributed by atoms with Crippen molar-refractivity contribution in [1.29, 1.82) is 0 Å². The van der Waals surface area contributed by atoms with Crippen LogP contribution in [0.3, 0.4) is 0 Å². The average Bonchev–Trinajstić information content (AvgIpc) is 2.14. The molecule has 0 aromatic rings.